The van der Waals surface area contributed by atoms with Crippen molar-refractivity contribution in [1.29, 1.82) is 0 Å². The molecular formula is C22H27BrN2O3. The van der Waals surface area contributed by atoms with Gasteiger partial charge >= 0.3 is 0 Å². The number of hydrogen-bond acceptors (Lipinski definition) is 3. The highest BCUT2D eigenvalue weighted by atomic mass is 79.9. The van der Waals surface area contributed by atoms with Gasteiger partial charge in [-0.1, -0.05) is 22.0 Å². The fourth-order valence-corrected chi connectivity index (χ4v) is 5.89. The molecule has 1 amide bonds. The molecule has 150 valence electrons. The molecule has 3 saturated carbocycles. The summed E-state index contributed by atoms with van der Waals surface area (Å²) in [5.74, 6) is 0.905. The third-order valence-corrected chi connectivity index (χ3v) is 7.84. The lowest BCUT2D eigenvalue weighted by Gasteiger charge is -2.46. The van der Waals surface area contributed by atoms with Crippen molar-refractivity contribution in [2.75, 3.05) is 19.8 Å². The first kappa shape index (κ1) is 18.6. The van der Waals surface area contributed by atoms with Crippen LogP contribution in [0, 0.1) is 11.3 Å². The van der Waals surface area contributed by atoms with Crippen LogP contribution in [0.4, 0.5) is 0 Å². The van der Waals surface area contributed by atoms with Crippen LogP contribution in [0.15, 0.2) is 28.9 Å². The summed E-state index contributed by atoms with van der Waals surface area (Å²) in [7, 11) is 0. The van der Waals surface area contributed by atoms with Crippen molar-refractivity contribution in [2.24, 2.45) is 11.3 Å². The Balaban J connectivity index is 1.40. The first-order chi connectivity index (χ1) is 13.5. The van der Waals surface area contributed by atoms with Crippen LogP contribution in [0.3, 0.4) is 0 Å². The number of benzene rings is 1. The van der Waals surface area contributed by atoms with Crippen LogP contribution in [0.2, 0.25) is 0 Å². The minimum Gasteiger partial charge on any atom is -0.383 e. The topological polar surface area (TPSA) is 63.5 Å². The van der Waals surface area contributed by atoms with E-state index in [2.05, 4.69) is 21.2 Å². The maximum absolute atomic E-state index is 13.2. The molecule has 2 N–H and O–H groups in total. The zero-order valence-electron chi connectivity index (χ0n) is 16.0. The van der Waals surface area contributed by atoms with Gasteiger partial charge in [0.15, 0.2) is 0 Å². The zero-order valence-corrected chi connectivity index (χ0v) is 17.6. The van der Waals surface area contributed by atoms with Crippen molar-refractivity contribution in [3.63, 3.8) is 0 Å². The number of hydrogen-bond donors (Lipinski definition) is 2. The van der Waals surface area contributed by atoms with Crippen molar-refractivity contribution in [2.45, 2.75) is 50.7 Å². The van der Waals surface area contributed by atoms with Crippen LogP contribution in [0.1, 0.15) is 48.9 Å². The molecule has 2 heterocycles. The van der Waals surface area contributed by atoms with Gasteiger partial charge in [0.2, 0.25) is 0 Å². The SMILES string of the molecule is O=C(NCC12CCC(CC1)CC2)c1cn(CC2(O)COC2)c2cccc(Br)c12. The Morgan fingerprint density at radius 1 is 1.25 bits per heavy atom. The minimum absolute atomic E-state index is 0.0189. The van der Waals surface area contributed by atoms with E-state index in [0.717, 1.165) is 27.8 Å². The Bertz CT molecular complexity index is 896. The Morgan fingerprint density at radius 2 is 1.96 bits per heavy atom. The summed E-state index contributed by atoms with van der Waals surface area (Å²) < 4.78 is 8.07. The van der Waals surface area contributed by atoms with E-state index in [1.165, 1.54) is 38.5 Å². The normalized spacial score (nSPS) is 28.3. The molecule has 6 heteroatoms. The molecule has 1 aromatic heterocycles. The zero-order chi connectivity index (χ0) is 19.4. The molecule has 2 aromatic rings. The van der Waals surface area contributed by atoms with Crippen molar-refractivity contribution < 1.29 is 14.6 Å². The maximum atomic E-state index is 13.2. The first-order valence-corrected chi connectivity index (χ1v) is 11.1. The second-order valence-electron chi connectivity index (χ2n) is 9.19. The van der Waals surface area contributed by atoms with Crippen LogP contribution in [0.25, 0.3) is 10.9 Å². The Morgan fingerprint density at radius 3 is 2.61 bits per heavy atom. The number of nitrogens with one attached hydrogen (secondary N) is 1. The summed E-state index contributed by atoms with van der Waals surface area (Å²) in [4.78, 5) is 13.2. The molecule has 1 aliphatic heterocycles. The molecule has 3 aliphatic carbocycles. The number of rotatable bonds is 5. The highest BCUT2D eigenvalue weighted by Crippen LogP contribution is 2.49. The standard InChI is InChI=1S/C22H27BrN2O3/c23-17-2-1-3-18-19(17)16(10-25(18)12-22(27)13-28-14-22)20(26)24-11-21-7-4-15(5-8-21)6-9-21/h1-3,10,15,27H,4-9,11-14H2,(H,24,26). The molecule has 4 fully saturated rings. The van der Waals surface area contributed by atoms with Gasteiger partial charge in [0.05, 0.1) is 30.8 Å². The Kier molecular flexibility index (Phi) is 4.56. The summed E-state index contributed by atoms with van der Waals surface area (Å²) in [6.45, 7) is 1.88. The van der Waals surface area contributed by atoms with E-state index in [9.17, 15) is 9.90 Å². The molecule has 1 saturated heterocycles. The molecule has 0 radical (unpaired) electrons. The minimum atomic E-state index is -0.846. The fraction of sp³-hybridized carbons (Fsp3) is 0.591. The summed E-state index contributed by atoms with van der Waals surface area (Å²) in [5, 5.41) is 14.7. The van der Waals surface area contributed by atoms with Crippen LogP contribution < -0.4 is 5.32 Å². The fourth-order valence-electron chi connectivity index (χ4n) is 5.32. The van der Waals surface area contributed by atoms with Gasteiger partial charge in [0, 0.05) is 22.6 Å². The number of aliphatic hydroxyl groups is 1. The van der Waals surface area contributed by atoms with Crippen LogP contribution in [-0.4, -0.2) is 40.9 Å². The van der Waals surface area contributed by atoms with Crippen molar-refractivity contribution >= 4 is 32.7 Å². The van der Waals surface area contributed by atoms with Crippen LogP contribution in [0.5, 0.6) is 0 Å². The quantitative estimate of drug-likeness (QED) is 0.732. The monoisotopic (exact) mass is 446 g/mol. The van der Waals surface area contributed by atoms with E-state index in [1.807, 2.05) is 29.0 Å². The summed E-state index contributed by atoms with van der Waals surface area (Å²) in [6, 6.07) is 5.93. The number of fused-ring (bicyclic) bond motifs is 4. The van der Waals surface area contributed by atoms with E-state index in [4.69, 9.17) is 4.74 Å². The van der Waals surface area contributed by atoms with Gasteiger partial charge < -0.3 is 19.7 Å². The van der Waals surface area contributed by atoms with Crippen LogP contribution >= 0.6 is 15.9 Å². The lowest BCUT2D eigenvalue weighted by molar-refractivity contribution is -0.184. The summed E-state index contributed by atoms with van der Waals surface area (Å²) in [6.07, 6.45) is 9.59. The van der Waals surface area contributed by atoms with Gasteiger partial charge in [0.25, 0.3) is 5.91 Å². The van der Waals surface area contributed by atoms with E-state index < -0.39 is 5.60 Å². The first-order valence-electron chi connectivity index (χ1n) is 10.3. The van der Waals surface area contributed by atoms with Gasteiger partial charge in [-0.2, -0.15) is 0 Å². The molecule has 6 rings (SSSR count). The average Bonchev–Trinajstić information content (AvgIpc) is 3.06. The smallest absolute Gasteiger partial charge is 0.253 e. The summed E-state index contributed by atoms with van der Waals surface area (Å²) >= 11 is 3.62. The number of amides is 1. The van der Waals surface area contributed by atoms with Crippen molar-refractivity contribution in [3.05, 3.63) is 34.4 Å². The van der Waals surface area contributed by atoms with Gasteiger partial charge in [-0.3, -0.25) is 4.79 Å². The second-order valence-corrected chi connectivity index (χ2v) is 10.0. The number of ether oxygens (including phenoxy) is 1. The molecule has 5 nitrogen and oxygen atoms in total. The molecular weight excluding hydrogens is 420 g/mol. The summed E-state index contributed by atoms with van der Waals surface area (Å²) in [5.41, 5.74) is 1.09. The average molecular weight is 447 g/mol. The Labute approximate surface area is 173 Å². The second kappa shape index (κ2) is 6.85. The van der Waals surface area contributed by atoms with E-state index in [0.29, 0.717) is 30.7 Å². The third-order valence-electron chi connectivity index (χ3n) is 7.18. The number of halogens is 1. The van der Waals surface area contributed by atoms with Gasteiger partial charge in [-0.05, 0) is 62.0 Å². The highest BCUT2D eigenvalue weighted by molar-refractivity contribution is 9.10. The maximum Gasteiger partial charge on any atom is 0.253 e. The lowest BCUT2D eigenvalue weighted by Crippen LogP contribution is -2.52. The predicted octanol–water partition coefficient (Wildman–Crippen LogP) is 3.87. The largest absolute Gasteiger partial charge is 0.383 e. The van der Waals surface area contributed by atoms with E-state index in [1.54, 1.807) is 0 Å². The molecule has 0 atom stereocenters. The Hall–Kier alpha value is -1.37. The number of carbonyl (C=O) groups excluding carboxylic acids is 1. The van der Waals surface area contributed by atoms with Gasteiger partial charge in [0.1, 0.15) is 5.60 Å². The molecule has 2 bridgehead atoms. The van der Waals surface area contributed by atoms with Crippen molar-refractivity contribution in [1.82, 2.24) is 9.88 Å². The molecule has 28 heavy (non-hydrogen) atoms. The van der Waals surface area contributed by atoms with Gasteiger partial charge in [-0.25, -0.2) is 0 Å². The molecule has 1 aromatic carbocycles. The molecule has 0 unspecified atom stereocenters. The highest BCUT2D eigenvalue weighted by Gasteiger charge is 2.41. The van der Waals surface area contributed by atoms with Crippen molar-refractivity contribution in [3.8, 4) is 0 Å². The lowest BCUT2D eigenvalue weighted by atomic mass is 9.61. The number of nitrogens with zero attached hydrogens (tertiary/aromatic N) is 1. The van der Waals surface area contributed by atoms with E-state index >= 15 is 0 Å². The van der Waals surface area contributed by atoms with Crippen LogP contribution in [-0.2, 0) is 11.3 Å². The third kappa shape index (κ3) is 3.19. The number of carbonyl (C=O) groups is 1. The van der Waals surface area contributed by atoms with E-state index in [-0.39, 0.29) is 5.91 Å². The van der Waals surface area contributed by atoms with Gasteiger partial charge in [-0.15, -0.1) is 0 Å². The molecule has 0 spiro atoms. The number of aromatic nitrogens is 1. The molecule has 4 aliphatic rings. The predicted molar refractivity (Wildman–Crippen MR) is 111 cm³/mol.